The number of ether oxygens (including phenoxy) is 2. The summed E-state index contributed by atoms with van der Waals surface area (Å²) < 4.78 is 11.6. The second kappa shape index (κ2) is 6.99. The Morgan fingerprint density at radius 2 is 1.88 bits per heavy atom. The second-order valence-corrected chi connectivity index (χ2v) is 8.31. The Hall–Kier alpha value is -1.54. The van der Waals surface area contributed by atoms with Crippen LogP contribution in [0.1, 0.15) is 52.0 Å². The SMILES string of the molecule is C#CCOC1CC(C)(C)N(OCC2COc3ccccc32)C(C)(C)C1. The van der Waals surface area contributed by atoms with Gasteiger partial charge in [-0.25, -0.2) is 0 Å². The molecule has 1 fully saturated rings. The Morgan fingerprint density at radius 3 is 2.56 bits per heavy atom. The van der Waals surface area contributed by atoms with Crippen molar-refractivity contribution in [2.24, 2.45) is 0 Å². The number of para-hydroxylation sites is 1. The molecule has 4 nitrogen and oxygen atoms in total. The van der Waals surface area contributed by atoms with Crippen LogP contribution in [0.2, 0.25) is 0 Å². The Morgan fingerprint density at radius 1 is 1.20 bits per heavy atom. The molecule has 136 valence electrons. The van der Waals surface area contributed by atoms with E-state index in [0.29, 0.717) is 19.8 Å². The molecule has 2 aliphatic heterocycles. The summed E-state index contributed by atoms with van der Waals surface area (Å²) in [7, 11) is 0. The Balaban J connectivity index is 1.67. The lowest BCUT2D eigenvalue weighted by atomic mass is 9.80. The molecule has 0 radical (unpaired) electrons. The molecule has 3 rings (SSSR count). The summed E-state index contributed by atoms with van der Waals surface area (Å²) in [5.41, 5.74) is 0.991. The van der Waals surface area contributed by atoms with E-state index >= 15 is 0 Å². The summed E-state index contributed by atoms with van der Waals surface area (Å²) >= 11 is 0. The molecule has 0 amide bonds. The van der Waals surface area contributed by atoms with Gasteiger partial charge in [-0.05, 0) is 46.6 Å². The molecule has 2 heterocycles. The molecule has 0 saturated carbocycles. The molecule has 1 atom stereocenters. The molecule has 0 N–H and O–H groups in total. The third kappa shape index (κ3) is 3.84. The van der Waals surface area contributed by atoms with Gasteiger partial charge in [-0.15, -0.1) is 6.42 Å². The number of terminal acetylenes is 1. The lowest BCUT2D eigenvalue weighted by molar-refractivity contribution is -0.296. The summed E-state index contributed by atoms with van der Waals surface area (Å²) in [5, 5.41) is 2.16. The van der Waals surface area contributed by atoms with E-state index in [0.717, 1.165) is 18.6 Å². The highest BCUT2D eigenvalue weighted by molar-refractivity contribution is 5.39. The molecule has 0 spiro atoms. The molecular formula is C21H29NO3. The van der Waals surface area contributed by atoms with Gasteiger partial charge in [0, 0.05) is 22.6 Å². The Kier molecular flexibility index (Phi) is 5.11. The monoisotopic (exact) mass is 343 g/mol. The topological polar surface area (TPSA) is 30.9 Å². The Labute approximate surface area is 151 Å². The van der Waals surface area contributed by atoms with Crippen LogP contribution >= 0.6 is 0 Å². The quantitative estimate of drug-likeness (QED) is 0.762. The largest absolute Gasteiger partial charge is 0.493 e. The highest BCUT2D eigenvalue weighted by Gasteiger charge is 2.47. The van der Waals surface area contributed by atoms with Gasteiger partial charge >= 0.3 is 0 Å². The third-order valence-electron chi connectivity index (χ3n) is 5.16. The number of hydrogen-bond donors (Lipinski definition) is 0. The molecular weight excluding hydrogens is 314 g/mol. The normalized spacial score (nSPS) is 25.2. The van der Waals surface area contributed by atoms with E-state index in [9.17, 15) is 0 Å². The van der Waals surface area contributed by atoms with Gasteiger partial charge in [-0.1, -0.05) is 24.1 Å². The van der Waals surface area contributed by atoms with E-state index in [1.165, 1.54) is 5.56 Å². The van der Waals surface area contributed by atoms with E-state index < -0.39 is 0 Å². The number of benzene rings is 1. The van der Waals surface area contributed by atoms with Crippen LogP contribution in [0, 0.1) is 12.3 Å². The van der Waals surface area contributed by atoms with Crippen molar-refractivity contribution in [3.05, 3.63) is 29.8 Å². The summed E-state index contributed by atoms with van der Waals surface area (Å²) in [6.07, 6.45) is 7.30. The lowest BCUT2D eigenvalue weighted by Gasteiger charge is -2.53. The summed E-state index contributed by atoms with van der Waals surface area (Å²) in [6, 6.07) is 8.22. The van der Waals surface area contributed by atoms with E-state index in [-0.39, 0.29) is 23.1 Å². The van der Waals surface area contributed by atoms with Gasteiger partial charge < -0.3 is 9.47 Å². The van der Waals surface area contributed by atoms with Crippen LogP contribution in [0.4, 0.5) is 0 Å². The van der Waals surface area contributed by atoms with Crippen molar-refractivity contribution in [2.45, 2.75) is 63.6 Å². The zero-order valence-corrected chi connectivity index (χ0v) is 15.7. The number of fused-ring (bicyclic) bond motifs is 1. The first-order valence-electron chi connectivity index (χ1n) is 9.03. The molecule has 1 saturated heterocycles. The third-order valence-corrected chi connectivity index (χ3v) is 5.16. The summed E-state index contributed by atoms with van der Waals surface area (Å²) in [4.78, 5) is 6.36. The van der Waals surface area contributed by atoms with E-state index in [4.69, 9.17) is 20.7 Å². The van der Waals surface area contributed by atoms with Crippen molar-refractivity contribution in [1.82, 2.24) is 5.06 Å². The van der Waals surface area contributed by atoms with Crippen LogP contribution in [0.5, 0.6) is 5.75 Å². The van der Waals surface area contributed by atoms with E-state index in [1.807, 2.05) is 12.1 Å². The predicted molar refractivity (Wildman–Crippen MR) is 98.4 cm³/mol. The summed E-state index contributed by atoms with van der Waals surface area (Å²) in [6.45, 7) is 10.5. The molecule has 4 heteroatoms. The first-order valence-corrected chi connectivity index (χ1v) is 9.03. The Bertz CT molecular complexity index is 629. The highest BCUT2D eigenvalue weighted by Crippen LogP contribution is 2.41. The van der Waals surface area contributed by atoms with Crippen LogP contribution in [0.3, 0.4) is 0 Å². The van der Waals surface area contributed by atoms with Crippen molar-refractivity contribution in [2.75, 3.05) is 19.8 Å². The van der Waals surface area contributed by atoms with Crippen LogP contribution in [-0.4, -0.2) is 42.1 Å². The van der Waals surface area contributed by atoms with Gasteiger partial charge in [0.25, 0.3) is 0 Å². The van der Waals surface area contributed by atoms with Gasteiger partial charge in [0.1, 0.15) is 12.4 Å². The molecule has 0 aliphatic carbocycles. The van der Waals surface area contributed by atoms with Gasteiger partial charge in [-0.2, -0.15) is 5.06 Å². The summed E-state index contributed by atoms with van der Waals surface area (Å²) in [5.74, 6) is 3.83. The van der Waals surface area contributed by atoms with Gasteiger partial charge in [-0.3, -0.25) is 4.84 Å². The van der Waals surface area contributed by atoms with E-state index in [1.54, 1.807) is 0 Å². The van der Waals surface area contributed by atoms with Crippen molar-refractivity contribution >= 4 is 0 Å². The first-order chi connectivity index (χ1) is 11.8. The fourth-order valence-electron chi connectivity index (χ4n) is 4.34. The van der Waals surface area contributed by atoms with Crippen LogP contribution < -0.4 is 4.74 Å². The number of rotatable bonds is 5. The number of hydroxylamine groups is 2. The molecule has 1 aromatic carbocycles. The zero-order valence-electron chi connectivity index (χ0n) is 15.7. The first kappa shape index (κ1) is 18.3. The average Bonchev–Trinajstić information content (AvgIpc) is 2.94. The van der Waals surface area contributed by atoms with Crippen molar-refractivity contribution in [1.29, 1.82) is 0 Å². The molecule has 0 aromatic heterocycles. The lowest BCUT2D eigenvalue weighted by Crippen LogP contribution is -2.62. The van der Waals surface area contributed by atoms with Gasteiger partial charge in [0.05, 0.1) is 19.3 Å². The maximum atomic E-state index is 6.36. The number of hydrogen-bond acceptors (Lipinski definition) is 4. The number of nitrogens with zero attached hydrogens (tertiary/aromatic N) is 1. The minimum absolute atomic E-state index is 0.125. The zero-order chi connectivity index (χ0) is 18.1. The standard InChI is InChI=1S/C21H29NO3/c1-6-11-23-17-12-20(2,3)22(21(4,5)13-17)25-15-16-14-24-19-10-8-7-9-18(16)19/h1,7-10,16-17H,11-15H2,2-5H3. The molecule has 0 bridgehead atoms. The molecule has 1 aromatic rings. The fourth-order valence-corrected chi connectivity index (χ4v) is 4.34. The van der Waals surface area contributed by atoms with Gasteiger partial charge in [0.2, 0.25) is 0 Å². The maximum Gasteiger partial charge on any atom is 0.123 e. The molecule has 25 heavy (non-hydrogen) atoms. The number of piperidine rings is 1. The van der Waals surface area contributed by atoms with Crippen molar-refractivity contribution < 1.29 is 14.3 Å². The van der Waals surface area contributed by atoms with Crippen LogP contribution in [0.25, 0.3) is 0 Å². The van der Waals surface area contributed by atoms with Gasteiger partial charge in [0.15, 0.2) is 0 Å². The fraction of sp³-hybridized carbons (Fsp3) is 0.619. The molecule has 2 aliphatic rings. The van der Waals surface area contributed by atoms with E-state index in [2.05, 4.69) is 50.8 Å². The smallest absolute Gasteiger partial charge is 0.123 e. The van der Waals surface area contributed by atoms with Crippen molar-refractivity contribution in [3.8, 4) is 18.1 Å². The maximum absolute atomic E-state index is 6.36. The predicted octanol–water partition coefficient (Wildman–Crippen LogP) is 3.77. The second-order valence-electron chi connectivity index (χ2n) is 8.31. The van der Waals surface area contributed by atoms with Crippen molar-refractivity contribution in [3.63, 3.8) is 0 Å². The average molecular weight is 343 g/mol. The molecule has 1 unspecified atom stereocenters. The van der Waals surface area contributed by atoms with Crippen LogP contribution in [0.15, 0.2) is 24.3 Å². The minimum Gasteiger partial charge on any atom is -0.493 e. The van der Waals surface area contributed by atoms with Crippen LogP contribution in [-0.2, 0) is 9.57 Å². The highest BCUT2D eigenvalue weighted by atomic mass is 16.7. The minimum atomic E-state index is -0.125.